The molecule has 74 heavy (non-hydrogen) atoms. The van der Waals surface area contributed by atoms with Gasteiger partial charge in [0.1, 0.15) is 24.3 Å². The van der Waals surface area contributed by atoms with Crippen LogP contribution in [0.1, 0.15) is 250 Å². The number of ether oxygens (including phenoxy) is 2. The third kappa shape index (κ3) is 12.0. The summed E-state index contributed by atoms with van der Waals surface area (Å²) in [5, 5.41) is 5.72. The first-order valence-electron chi connectivity index (χ1n) is 31.5. The largest absolute Gasteiger partial charge is 0.461 e. The van der Waals surface area contributed by atoms with E-state index in [9.17, 15) is 19.2 Å². The second kappa shape index (κ2) is 23.8. The predicted molar refractivity (Wildman–Crippen MR) is 300 cm³/mol. The number of carbonyl (C=O) groups excluding carboxylic acids is 4. The molecule has 418 valence electrons. The van der Waals surface area contributed by atoms with Crippen molar-refractivity contribution in [1.82, 2.24) is 10.6 Å². The summed E-state index contributed by atoms with van der Waals surface area (Å²) in [5.41, 5.74) is 4.32. The summed E-state index contributed by atoms with van der Waals surface area (Å²) in [5.74, 6) is 8.39. The number of unbranched alkanes of at least 4 members (excludes halogenated alkanes) is 1. The van der Waals surface area contributed by atoms with Crippen molar-refractivity contribution >= 4 is 23.8 Å². The van der Waals surface area contributed by atoms with Crippen LogP contribution in [0.25, 0.3) is 0 Å². The van der Waals surface area contributed by atoms with Crippen LogP contribution in [0, 0.1) is 92.7 Å². The molecule has 2 N–H and O–H groups in total. The second-order valence-corrected chi connectivity index (χ2v) is 29.0. The van der Waals surface area contributed by atoms with Gasteiger partial charge in [-0.1, -0.05) is 131 Å². The van der Waals surface area contributed by atoms with Gasteiger partial charge in [0.15, 0.2) is 0 Å². The van der Waals surface area contributed by atoms with Crippen molar-refractivity contribution in [3.63, 3.8) is 0 Å². The lowest BCUT2D eigenvalue weighted by Crippen LogP contribution is -2.51. The zero-order valence-electron chi connectivity index (χ0n) is 49.2. The molecule has 2 amide bonds. The van der Waals surface area contributed by atoms with Gasteiger partial charge >= 0.3 is 11.9 Å². The molecule has 6 fully saturated rings. The fourth-order valence-electron chi connectivity index (χ4n) is 19.4. The van der Waals surface area contributed by atoms with Gasteiger partial charge in [-0.3, -0.25) is 9.59 Å². The summed E-state index contributed by atoms with van der Waals surface area (Å²) in [4.78, 5) is 52.6. The van der Waals surface area contributed by atoms with Crippen LogP contribution in [0.2, 0.25) is 0 Å². The molecule has 0 aromatic rings. The lowest BCUT2D eigenvalue weighted by molar-refractivity contribution is -0.155. The van der Waals surface area contributed by atoms with Crippen molar-refractivity contribution in [1.29, 1.82) is 0 Å². The molecule has 8 rings (SSSR count). The molecule has 0 aromatic carbocycles. The third-order valence-electron chi connectivity index (χ3n) is 23.6. The Kier molecular flexibility index (Phi) is 18.5. The number of allylic oxidation sites excluding steroid dienone is 2. The maximum Gasteiger partial charge on any atom is 0.328 e. The first-order chi connectivity index (χ1) is 35.1. The zero-order valence-corrected chi connectivity index (χ0v) is 49.2. The highest BCUT2D eigenvalue weighted by molar-refractivity contribution is 5.85. The summed E-state index contributed by atoms with van der Waals surface area (Å²) >= 11 is 0. The Morgan fingerprint density at radius 2 is 0.892 bits per heavy atom. The van der Waals surface area contributed by atoms with Crippen molar-refractivity contribution < 1.29 is 28.7 Å². The molecule has 0 radical (unpaired) electrons. The van der Waals surface area contributed by atoms with Gasteiger partial charge in [-0.2, -0.15) is 0 Å². The molecule has 0 aromatic heterocycles. The Bertz CT molecular complexity index is 1900. The van der Waals surface area contributed by atoms with Gasteiger partial charge in [-0.05, 0) is 209 Å². The number of hydrogen-bond donors (Lipinski definition) is 2. The van der Waals surface area contributed by atoms with E-state index in [1.165, 1.54) is 114 Å². The van der Waals surface area contributed by atoms with Crippen LogP contribution < -0.4 is 10.6 Å². The average Bonchev–Trinajstić information content (AvgIpc) is 3.89. The normalized spacial score (nSPS) is 38.8. The van der Waals surface area contributed by atoms with Crippen molar-refractivity contribution in [2.24, 2.45) is 92.7 Å². The van der Waals surface area contributed by atoms with E-state index in [1.54, 1.807) is 13.8 Å². The molecule has 8 heteroatoms. The van der Waals surface area contributed by atoms with Crippen molar-refractivity contribution in [3.05, 3.63) is 23.3 Å². The number of carbonyl (C=O) groups is 4. The summed E-state index contributed by atoms with van der Waals surface area (Å²) in [7, 11) is 0. The van der Waals surface area contributed by atoms with Crippen LogP contribution in [0.5, 0.6) is 0 Å². The maximum atomic E-state index is 13.3. The van der Waals surface area contributed by atoms with Crippen LogP contribution in [0.4, 0.5) is 0 Å². The molecule has 0 bridgehead atoms. The topological polar surface area (TPSA) is 111 Å². The van der Waals surface area contributed by atoms with Gasteiger partial charge in [-0.15, -0.1) is 0 Å². The number of rotatable bonds is 21. The van der Waals surface area contributed by atoms with E-state index in [0.29, 0.717) is 23.7 Å². The standard InChI is InChI=1S/C66H108N2O6/c1-41(2)17-15-19-43(5)53-27-29-55-51-25-23-47-39-49(31-35-63(47,9)57(51)33-37-65(53,55)11)73-61(71)45(7)67-59(69)21-13-14-22-60(70)68-46(8)62(72)74-50-32-36-64(10)48(40-50)24-26-52-56-30-28-54(44(6)20-16-18-42(3)4)66(56,12)38-34-58(52)64/h23-24,41-46,49-58H,13-22,25-40H2,1-12H3,(H,67,69)(H,68,70)/t43-,44-,45+,46+,49+,50+,51+,52+,53-,54-,55+,56+,57+,58+,63+,64+,65-,66-/m1/s1. The van der Waals surface area contributed by atoms with Crippen molar-refractivity contribution in [2.75, 3.05) is 0 Å². The molecule has 0 unspecified atom stereocenters. The van der Waals surface area contributed by atoms with E-state index in [2.05, 4.69) is 92.0 Å². The molecular formula is C66H108N2O6. The summed E-state index contributed by atoms with van der Waals surface area (Å²) in [6.07, 6.45) is 33.2. The van der Waals surface area contributed by atoms with Gasteiger partial charge in [0.25, 0.3) is 0 Å². The minimum Gasteiger partial charge on any atom is -0.461 e. The SMILES string of the molecule is CC(C)CCC[C@@H](C)[C@H]1CC[C@H]2[C@@H]3CC=C4C[C@@H](OC(=O)[C@H](C)NC(=O)CCCCC(=O)N[C@@H](C)C(=O)O[C@H]5CC[C@@]6(C)C(=CC[C@H]7[C@@H]8CC[C@H]([C@H](C)CCCC(C)C)[C@@]8(C)CC[C@@H]76)C5)CC[C@]4(C)[C@H]3CC[C@]12C. The molecule has 18 atom stereocenters. The first-order valence-corrected chi connectivity index (χ1v) is 31.5. The fraction of sp³-hybridized carbons (Fsp3) is 0.879. The van der Waals surface area contributed by atoms with Crippen LogP contribution >= 0.6 is 0 Å². The Hall–Kier alpha value is -2.64. The second-order valence-electron chi connectivity index (χ2n) is 29.0. The lowest BCUT2D eigenvalue weighted by Gasteiger charge is -2.58. The van der Waals surface area contributed by atoms with E-state index in [1.807, 2.05) is 0 Å². The smallest absolute Gasteiger partial charge is 0.328 e. The predicted octanol–water partition coefficient (Wildman–Crippen LogP) is 15.5. The molecule has 0 heterocycles. The van der Waals surface area contributed by atoms with E-state index >= 15 is 0 Å². The maximum absolute atomic E-state index is 13.3. The number of hydrogen-bond acceptors (Lipinski definition) is 6. The molecule has 8 aliphatic carbocycles. The Balaban J connectivity index is 0.711. The highest BCUT2D eigenvalue weighted by atomic mass is 16.5. The van der Waals surface area contributed by atoms with Crippen molar-refractivity contribution in [2.45, 2.75) is 274 Å². The molecule has 0 saturated heterocycles. The quantitative estimate of drug-likeness (QED) is 0.0673. The van der Waals surface area contributed by atoms with E-state index in [0.717, 1.165) is 110 Å². The Morgan fingerprint density at radius 1 is 0.500 bits per heavy atom. The Labute approximate surface area is 451 Å². The minimum absolute atomic E-state index is 0.153. The number of fused-ring (bicyclic) bond motifs is 10. The molecular weight excluding hydrogens is 917 g/mol. The van der Waals surface area contributed by atoms with Crippen LogP contribution in [-0.2, 0) is 28.7 Å². The van der Waals surface area contributed by atoms with E-state index < -0.39 is 12.1 Å². The van der Waals surface area contributed by atoms with Crippen LogP contribution in [-0.4, -0.2) is 48.0 Å². The van der Waals surface area contributed by atoms with Crippen LogP contribution in [0.3, 0.4) is 0 Å². The minimum atomic E-state index is -0.735. The number of esters is 2. The molecule has 0 spiro atoms. The zero-order chi connectivity index (χ0) is 53.3. The van der Waals surface area contributed by atoms with Crippen molar-refractivity contribution in [3.8, 4) is 0 Å². The molecule has 6 saturated carbocycles. The Morgan fingerprint density at radius 3 is 1.27 bits per heavy atom. The van der Waals surface area contributed by atoms with Crippen LogP contribution in [0.15, 0.2) is 23.3 Å². The third-order valence-corrected chi connectivity index (χ3v) is 23.6. The average molecular weight is 1030 g/mol. The number of nitrogens with one attached hydrogen (secondary N) is 2. The fourth-order valence-corrected chi connectivity index (χ4v) is 19.4. The first kappa shape index (κ1) is 57.5. The molecule has 8 aliphatic rings. The highest BCUT2D eigenvalue weighted by Gasteiger charge is 2.61. The molecule has 0 aliphatic heterocycles. The number of amides is 2. The van der Waals surface area contributed by atoms with Gasteiger partial charge in [0.2, 0.25) is 11.8 Å². The van der Waals surface area contributed by atoms with E-state index in [-0.39, 0.29) is 59.6 Å². The summed E-state index contributed by atoms with van der Waals surface area (Å²) in [6, 6.07) is -1.47. The lowest BCUT2D eigenvalue weighted by atomic mass is 9.47. The van der Waals surface area contributed by atoms with Gasteiger partial charge in [-0.25, -0.2) is 9.59 Å². The highest BCUT2D eigenvalue weighted by Crippen LogP contribution is 2.69. The van der Waals surface area contributed by atoms with E-state index in [4.69, 9.17) is 9.47 Å². The summed E-state index contributed by atoms with van der Waals surface area (Å²) < 4.78 is 12.2. The monoisotopic (exact) mass is 1020 g/mol. The summed E-state index contributed by atoms with van der Waals surface area (Å²) in [6.45, 7) is 28.3. The van der Waals surface area contributed by atoms with Gasteiger partial charge in [0, 0.05) is 25.7 Å². The van der Waals surface area contributed by atoms with Gasteiger partial charge < -0.3 is 20.1 Å². The van der Waals surface area contributed by atoms with Gasteiger partial charge in [0.05, 0.1) is 0 Å². The molecule has 8 nitrogen and oxygen atoms in total.